The van der Waals surface area contributed by atoms with Crippen molar-refractivity contribution in [1.82, 2.24) is 20.3 Å². The van der Waals surface area contributed by atoms with Gasteiger partial charge in [-0.1, -0.05) is 32.6 Å². The quantitative estimate of drug-likeness (QED) is 0.174. The Morgan fingerprint density at radius 1 is 1.02 bits per heavy atom. The zero-order valence-corrected chi connectivity index (χ0v) is 26.5. The molecule has 0 aliphatic carbocycles. The molecule has 44 heavy (non-hydrogen) atoms. The number of amides is 1. The Hall–Kier alpha value is -4.72. The molecular weight excluding hydrogens is 562 g/mol. The molecular formula is C33H41N5O6. The fraction of sp³-hybridized carbons (Fsp3) is 0.455. The second-order valence-electron chi connectivity index (χ2n) is 11.0. The lowest BCUT2D eigenvalue weighted by molar-refractivity contribution is -0.146. The average molecular weight is 604 g/mol. The molecule has 0 saturated carbocycles. The topological polar surface area (TPSA) is 144 Å². The summed E-state index contributed by atoms with van der Waals surface area (Å²) in [7, 11) is 0. The van der Waals surface area contributed by atoms with Crippen LogP contribution in [0.3, 0.4) is 0 Å². The Morgan fingerprint density at radius 3 is 2.36 bits per heavy atom. The van der Waals surface area contributed by atoms with Gasteiger partial charge >= 0.3 is 11.9 Å². The maximum Gasteiger partial charge on any atom is 0.328 e. The number of ketones is 1. The summed E-state index contributed by atoms with van der Waals surface area (Å²) in [6.07, 6.45) is 4.69. The van der Waals surface area contributed by atoms with Gasteiger partial charge in [0.2, 0.25) is 0 Å². The average Bonchev–Trinajstić information content (AvgIpc) is 3.41. The Kier molecular flexibility index (Phi) is 11.6. The van der Waals surface area contributed by atoms with Crippen molar-refractivity contribution >= 4 is 40.3 Å². The summed E-state index contributed by atoms with van der Waals surface area (Å²) in [5.74, 6) is 4.24. The standard InChI is InChI=1S/C33H41N5O6/c1-8-38(9-2)26-16-14-23(31(41)37-25(32(42)44-11-4)15-17-27(39)43-10-3)28(29(40)33(5,6)7)22(26)13-12-21-18-35-30-24(21)19-34-20-36-30/h14,16,18-20,25H,8-11,15,17H2,1-7H3,(H,37,41)(H,34,35,36)/t25-/m0/s1. The van der Waals surface area contributed by atoms with Crippen LogP contribution in [0, 0.1) is 17.3 Å². The molecule has 3 rings (SSSR count). The third kappa shape index (κ3) is 8.01. The Balaban J connectivity index is 2.20. The van der Waals surface area contributed by atoms with E-state index in [1.807, 2.05) is 13.8 Å². The number of benzene rings is 1. The highest BCUT2D eigenvalue weighted by Crippen LogP contribution is 2.32. The number of H-pyrrole nitrogens is 1. The predicted molar refractivity (Wildman–Crippen MR) is 167 cm³/mol. The molecule has 0 fully saturated rings. The molecule has 1 aromatic carbocycles. The van der Waals surface area contributed by atoms with Gasteiger partial charge in [0.25, 0.3) is 5.91 Å². The molecule has 0 unspecified atom stereocenters. The fourth-order valence-corrected chi connectivity index (χ4v) is 4.66. The van der Waals surface area contributed by atoms with Crippen molar-refractivity contribution in [3.05, 3.63) is 53.1 Å². The number of Topliss-reactive ketones (excluding diaryl/α,β-unsaturated/α-hetero) is 1. The predicted octanol–water partition coefficient (Wildman–Crippen LogP) is 4.44. The van der Waals surface area contributed by atoms with Gasteiger partial charge in [-0.15, -0.1) is 0 Å². The van der Waals surface area contributed by atoms with E-state index in [4.69, 9.17) is 9.47 Å². The Morgan fingerprint density at radius 2 is 1.73 bits per heavy atom. The summed E-state index contributed by atoms with van der Waals surface area (Å²) in [4.78, 5) is 66.3. The van der Waals surface area contributed by atoms with Crippen LogP contribution in [0.2, 0.25) is 0 Å². The van der Waals surface area contributed by atoms with Crippen LogP contribution in [0.4, 0.5) is 5.69 Å². The third-order valence-electron chi connectivity index (χ3n) is 6.94. The second kappa shape index (κ2) is 15.1. The molecule has 0 radical (unpaired) electrons. The number of carbonyl (C=O) groups is 4. The minimum Gasteiger partial charge on any atom is -0.466 e. The zero-order valence-electron chi connectivity index (χ0n) is 26.5. The first kappa shape index (κ1) is 33.8. The number of ether oxygens (including phenoxy) is 2. The number of hydrogen-bond acceptors (Lipinski definition) is 9. The molecule has 11 nitrogen and oxygen atoms in total. The Labute approximate surface area is 258 Å². The van der Waals surface area contributed by atoms with Crippen LogP contribution in [0.1, 0.15) is 93.2 Å². The Bertz CT molecular complexity index is 1570. The van der Waals surface area contributed by atoms with Crippen molar-refractivity contribution in [2.75, 3.05) is 31.2 Å². The van der Waals surface area contributed by atoms with Crippen molar-refractivity contribution in [1.29, 1.82) is 0 Å². The first-order valence-electron chi connectivity index (χ1n) is 14.9. The van der Waals surface area contributed by atoms with Gasteiger partial charge in [-0.25, -0.2) is 14.8 Å². The lowest BCUT2D eigenvalue weighted by Gasteiger charge is -2.27. The van der Waals surface area contributed by atoms with Gasteiger partial charge in [-0.05, 0) is 46.2 Å². The van der Waals surface area contributed by atoms with E-state index in [0.29, 0.717) is 35.6 Å². The molecule has 0 aliphatic heterocycles. The minimum absolute atomic E-state index is 0.0290. The first-order valence-corrected chi connectivity index (χ1v) is 14.9. The van der Waals surface area contributed by atoms with E-state index in [9.17, 15) is 19.2 Å². The number of carbonyl (C=O) groups excluding carboxylic acids is 4. The van der Waals surface area contributed by atoms with E-state index in [-0.39, 0.29) is 43.0 Å². The van der Waals surface area contributed by atoms with Crippen molar-refractivity contribution in [3.8, 4) is 11.8 Å². The number of aromatic amines is 1. The number of nitrogens with zero attached hydrogens (tertiary/aromatic N) is 3. The normalized spacial score (nSPS) is 11.7. The smallest absolute Gasteiger partial charge is 0.328 e. The largest absolute Gasteiger partial charge is 0.466 e. The maximum atomic E-state index is 14.1. The van der Waals surface area contributed by atoms with E-state index in [1.54, 1.807) is 59.1 Å². The molecule has 2 heterocycles. The van der Waals surface area contributed by atoms with E-state index in [2.05, 4.69) is 37.0 Å². The van der Waals surface area contributed by atoms with Crippen LogP contribution in [0.15, 0.2) is 30.9 Å². The lowest BCUT2D eigenvalue weighted by atomic mass is 9.81. The molecule has 2 N–H and O–H groups in total. The van der Waals surface area contributed by atoms with Crippen LogP contribution >= 0.6 is 0 Å². The molecule has 234 valence electrons. The van der Waals surface area contributed by atoms with E-state index < -0.39 is 29.3 Å². The summed E-state index contributed by atoms with van der Waals surface area (Å²) in [6.45, 7) is 14.2. The molecule has 0 saturated heterocycles. The highest BCUT2D eigenvalue weighted by Gasteiger charge is 2.33. The van der Waals surface area contributed by atoms with Crippen molar-refractivity contribution < 1.29 is 28.7 Å². The first-order chi connectivity index (χ1) is 21.0. The van der Waals surface area contributed by atoms with Gasteiger partial charge in [-0.2, -0.15) is 0 Å². The van der Waals surface area contributed by atoms with Crippen LogP contribution < -0.4 is 10.2 Å². The SMILES string of the molecule is CCOC(=O)CC[C@H](NC(=O)c1ccc(N(CC)CC)c(C#Cc2c[nH]c3ncncc23)c1C(=O)C(C)(C)C)C(=O)OCC. The van der Waals surface area contributed by atoms with E-state index in [1.165, 1.54) is 6.33 Å². The van der Waals surface area contributed by atoms with Crippen molar-refractivity contribution in [2.24, 2.45) is 5.41 Å². The van der Waals surface area contributed by atoms with Crippen LogP contribution in [0.25, 0.3) is 11.0 Å². The summed E-state index contributed by atoms with van der Waals surface area (Å²) >= 11 is 0. The monoisotopic (exact) mass is 603 g/mol. The molecule has 2 aromatic heterocycles. The molecule has 0 spiro atoms. The summed E-state index contributed by atoms with van der Waals surface area (Å²) < 4.78 is 10.2. The van der Waals surface area contributed by atoms with Crippen molar-refractivity contribution in [2.45, 2.75) is 67.3 Å². The number of anilines is 1. The number of aromatic nitrogens is 3. The maximum absolute atomic E-state index is 14.1. The van der Waals surface area contributed by atoms with Crippen LogP contribution in [-0.2, 0) is 19.1 Å². The third-order valence-corrected chi connectivity index (χ3v) is 6.94. The highest BCUT2D eigenvalue weighted by atomic mass is 16.5. The highest BCUT2D eigenvalue weighted by molar-refractivity contribution is 6.13. The molecule has 1 amide bonds. The number of fused-ring (bicyclic) bond motifs is 1. The molecule has 1 atom stereocenters. The number of esters is 2. The van der Waals surface area contributed by atoms with Crippen molar-refractivity contribution in [3.63, 3.8) is 0 Å². The van der Waals surface area contributed by atoms with Gasteiger partial charge in [0.1, 0.15) is 18.0 Å². The van der Waals surface area contributed by atoms with E-state index >= 15 is 0 Å². The van der Waals surface area contributed by atoms with Gasteiger partial charge < -0.3 is 24.7 Å². The van der Waals surface area contributed by atoms with Gasteiger partial charge in [0.05, 0.1) is 41.0 Å². The van der Waals surface area contributed by atoms with Gasteiger partial charge in [0.15, 0.2) is 5.78 Å². The lowest BCUT2D eigenvalue weighted by Crippen LogP contribution is -2.43. The number of nitrogens with one attached hydrogen (secondary N) is 2. The molecule has 0 bridgehead atoms. The van der Waals surface area contributed by atoms with Crippen LogP contribution in [0.5, 0.6) is 0 Å². The van der Waals surface area contributed by atoms with Gasteiger partial charge in [-0.3, -0.25) is 14.4 Å². The molecule has 0 aliphatic rings. The molecule has 3 aromatic rings. The minimum atomic E-state index is -1.13. The fourth-order valence-electron chi connectivity index (χ4n) is 4.66. The zero-order chi connectivity index (χ0) is 32.4. The summed E-state index contributed by atoms with van der Waals surface area (Å²) in [5, 5.41) is 3.43. The summed E-state index contributed by atoms with van der Waals surface area (Å²) in [6, 6.07) is 2.22. The number of rotatable bonds is 12. The van der Waals surface area contributed by atoms with Crippen LogP contribution in [-0.4, -0.2) is 70.9 Å². The van der Waals surface area contributed by atoms with E-state index in [0.717, 1.165) is 5.39 Å². The van der Waals surface area contributed by atoms with Gasteiger partial charge in [0, 0.05) is 42.9 Å². The second-order valence-corrected chi connectivity index (χ2v) is 11.0. The summed E-state index contributed by atoms with van der Waals surface area (Å²) in [5.41, 5.74) is 1.70. The molecule has 11 heteroatoms. The number of hydrogen-bond donors (Lipinski definition) is 2.